The van der Waals surface area contributed by atoms with Gasteiger partial charge >= 0.3 is 0 Å². The fourth-order valence-electron chi connectivity index (χ4n) is 1.85. The van der Waals surface area contributed by atoms with E-state index in [1.807, 2.05) is 10.6 Å². The molecule has 2 aromatic rings. The molecule has 0 saturated heterocycles. The number of hydrogen-bond acceptors (Lipinski definition) is 4. The van der Waals surface area contributed by atoms with Gasteiger partial charge < -0.3 is 20.4 Å². The SMILES string of the molecule is CNC(=O)c1ccc2c(c1)nc(N)n2CCOC. The summed E-state index contributed by atoms with van der Waals surface area (Å²) in [5, 5.41) is 2.58. The van der Waals surface area contributed by atoms with E-state index in [9.17, 15) is 4.79 Å². The van der Waals surface area contributed by atoms with Crippen molar-refractivity contribution in [2.75, 3.05) is 26.5 Å². The third-order valence-electron chi connectivity index (χ3n) is 2.79. The molecule has 3 N–H and O–H groups in total. The van der Waals surface area contributed by atoms with Gasteiger partial charge in [0.15, 0.2) is 0 Å². The van der Waals surface area contributed by atoms with Crippen LogP contribution in [0.25, 0.3) is 11.0 Å². The molecule has 6 nitrogen and oxygen atoms in total. The van der Waals surface area contributed by atoms with Gasteiger partial charge in [-0.15, -0.1) is 0 Å². The number of aromatic nitrogens is 2. The van der Waals surface area contributed by atoms with Crippen LogP contribution in [0.3, 0.4) is 0 Å². The lowest BCUT2D eigenvalue weighted by atomic mass is 10.2. The largest absolute Gasteiger partial charge is 0.383 e. The predicted molar refractivity (Wildman–Crippen MR) is 69.4 cm³/mol. The average Bonchev–Trinajstić information content (AvgIpc) is 2.70. The quantitative estimate of drug-likeness (QED) is 0.831. The molecule has 1 aromatic heterocycles. The van der Waals surface area contributed by atoms with Crippen LogP contribution >= 0.6 is 0 Å². The first-order valence-electron chi connectivity index (χ1n) is 5.64. The monoisotopic (exact) mass is 248 g/mol. The van der Waals surface area contributed by atoms with Gasteiger partial charge in [-0.05, 0) is 18.2 Å². The predicted octanol–water partition coefficient (Wildman–Crippen LogP) is 0.624. The molecule has 6 heteroatoms. The standard InChI is InChI=1S/C12H16N4O2/c1-14-11(17)8-3-4-10-9(7-8)15-12(13)16(10)5-6-18-2/h3-4,7H,5-6H2,1-2H3,(H2,13,15)(H,14,17). The minimum Gasteiger partial charge on any atom is -0.383 e. The van der Waals surface area contributed by atoms with E-state index in [0.717, 1.165) is 5.52 Å². The van der Waals surface area contributed by atoms with E-state index in [-0.39, 0.29) is 5.91 Å². The van der Waals surface area contributed by atoms with Crippen LogP contribution in [0.1, 0.15) is 10.4 Å². The van der Waals surface area contributed by atoms with Crippen LogP contribution in [-0.2, 0) is 11.3 Å². The second-order valence-electron chi connectivity index (χ2n) is 3.90. The number of rotatable bonds is 4. The third kappa shape index (κ3) is 2.14. The van der Waals surface area contributed by atoms with Crippen molar-refractivity contribution in [3.05, 3.63) is 23.8 Å². The number of carbonyl (C=O) groups is 1. The molecule has 0 radical (unpaired) electrons. The van der Waals surface area contributed by atoms with Crippen LogP contribution in [0.2, 0.25) is 0 Å². The fraction of sp³-hybridized carbons (Fsp3) is 0.333. The van der Waals surface area contributed by atoms with Gasteiger partial charge in [0.25, 0.3) is 5.91 Å². The molecule has 0 atom stereocenters. The van der Waals surface area contributed by atoms with E-state index in [1.165, 1.54) is 0 Å². The Hall–Kier alpha value is -2.08. The second kappa shape index (κ2) is 5.05. The zero-order valence-corrected chi connectivity index (χ0v) is 10.4. The Balaban J connectivity index is 2.44. The van der Waals surface area contributed by atoms with Crippen LogP contribution in [0.4, 0.5) is 5.95 Å². The first-order valence-corrected chi connectivity index (χ1v) is 5.64. The van der Waals surface area contributed by atoms with Crippen molar-refractivity contribution in [3.63, 3.8) is 0 Å². The number of fused-ring (bicyclic) bond motifs is 1. The molecular weight excluding hydrogens is 232 g/mol. The number of nitrogens with zero attached hydrogens (tertiary/aromatic N) is 2. The summed E-state index contributed by atoms with van der Waals surface area (Å²) in [6.07, 6.45) is 0. The number of imidazole rings is 1. The molecule has 1 amide bonds. The lowest BCUT2D eigenvalue weighted by Crippen LogP contribution is -2.17. The number of nitrogens with two attached hydrogens (primary N) is 1. The Morgan fingerprint density at radius 1 is 1.56 bits per heavy atom. The molecule has 18 heavy (non-hydrogen) atoms. The molecule has 1 heterocycles. The van der Waals surface area contributed by atoms with E-state index in [2.05, 4.69) is 10.3 Å². The number of nitrogens with one attached hydrogen (secondary N) is 1. The van der Waals surface area contributed by atoms with E-state index in [1.54, 1.807) is 26.3 Å². The van der Waals surface area contributed by atoms with Gasteiger partial charge in [0.05, 0.1) is 17.6 Å². The second-order valence-corrected chi connectivity index (χ2v) is 3.90. The lowest BCUT2D eigenvalue weighted by molar-refractivity contribution is 0.0963. The maximum Gasteiger partial charge on any atom is 0.251 e. The van der Waals surface area contributed by atoms with Crippen molar-refractivity contribution < 1.29 is 9.53 Å². The molecule has 0 saturated carbocycles. The minimum atomic E-state index is -0.137. The average molecular weight is 248 g/mol. The zero-order chi connectivity index (χ0) is 13.1. The molecule has 0 aliphatic carbocycles. The molecule has 96 valence electrons. The van der Waals surface area contributed by atoms with E-state index in [4.69, 9.17) is 10.5 Å². The number of nitrogen functional groups attached to an aromatic ring is 1. The topological polar surface area (TPSA) is 82.2 Å². The van der Waals surface area contributed by atoms with E-state index < -0.39 is 0 Å². The van der Waals surface area contributed by atoms with Crippen molar-refractivity contribution in [2.24, 2.45) is 0 Å². The van der Waals surface area contributed by atoms with Gasteiger partial charge in [0.1, 0.15) is 0 Å². The molecule has 0 bridgehead atoms. The molecule has 2 rings (SSSR count). The van der Waals surface area contributed by atoms with Gasteiger partial charge in [0.2, 0.25) is 5.95 Å². The summed E-state index contributed by atoms with van der Waals surface area (Å²) in [6.45, 7) is 1.20. The number of ether oxygens (including phenoxy) is 1. The van der Waals surface area contributed by atoms with E-state index >= 15 is 0 Å². The molecule has 0 fully saturated rings. The summed E-state index contributed by atoms with van der Waals surface area (Å²) < 4.78 is 6.90. The van der Waals surface area contributed by atoms with Crippen molar-refractivity contribution in [1.29, 1.82) is 0 Å². The number of anilines is 1. The van der Waals surface area contributed by atoms with Crippen molar-refractivity contribution in [3.8, 4) is 0 Å². The minimum absolute atomic E-state index is 0.137. The maximum atomic E-state index is 11.5. The summed E-state index contributed by atoms with van der Waals surface area (Å²) in [5.41, 5.74) is 8.03. The summed E-state index contributed by atoms with van der Waals surface area (Å²) >= 11 is 0. The fourth-order valence-corrected chi connectivity index (χ4v) is 1.85. The highest BCUT2D eigenvalue weighted by molar-refractivity contribution is 5.97. The van der Waals surface area contributed by atoms with Crippen molar-refractivity contribution in [2.45, 2.75) is 6.54 Å². The summed E-state index contributed by atoms with van der Waals surface area (Å²) in [4.78, 5) is 15.8. The Kier molecular flexibility index (Phi) is 3.47. The van der Waals surface area contributed by atoms with Crippen molar-refractivity contribution >= 4 is 22.9 Å². The van der Waals surface area contributed by atoms with Crippen LogP contribution in [0.15, 0.2) is 18.2 Å². The molecule has 0 unspecified atom stereocenters. The Morgan fingerprint density at radius 2 is 2.33 bits per heavy atom. The highest BCUT2D eigenvalue weighted by Crippen LogP contribution is 2.19. The van der Waals surface area contributed by atoms with Crippen LogP contribution < -0.4 is 11.1 Å². The van der Waals surface area contributed by atoms with Crippen LogP contribution in [0, 0.1) is 0 Å². The number of methoxy groups -OCH3 is 1. The van der Waals surface area contributed by atoms with Gasteiger partial charge in [0, 0.05) is 26.3 Å². The number of benzene rings is 1. The summed E-state index contributed by atoms with van der Waals surface area (Å²) in [7, 11) is 3.23. The van der Waals surface area contributed by atoms with Crippen LogP contribution in [0.5, 0.6) is 0 Å². The normalized spacial score (nSPS) is 10.8. The highest BCUT2D eigenvalue weighted by atomic mass is 16.5. The van der Waals surface area contributed by atoms with Crippen LogP contribution in [-0.4, -0.2) is 36.2 Å². The number of amides is 1. The maximum absolute atomic E-state index is 11.5. The van der Waals surface area contributed by atoms with Gasteiger partial charge in [-0.3, -0.25) is 4.79 Å². The molecule has 1 aromatic carbocycles. The van der Waals surface area contributed by atoms with E-state index in [0.29, 0.717) is 30.2 Å². The van der Waals surface area contributed by atoms with Crippen molar-refractivity contribution in [1.82, 2.24) is 14.9 Å². The first kappa shape index (κ1) is 12.4. The van der Waals surface area contributed by atoms with Gasteiger partial charge in [-0.2, -0.15) is 0 Å². The highest BCUT2D eigenvalue weighted by Gasteiger charge is 2.10. The third-order valence-corrected chi connectivity index (χ3v) is 2.79. The number of carbonyl (C=O) groups excluding carboxylic acids is 1. The van der Waals surface area contributed by atoms with Gasteiger partial charge in [-0.25, -0.2) is 4.98 Å². The Morgan fingerprint density at radius 3 is 3.00 bits per heavy atom. The summed E-state index contributed by atoms with van der Waals surface area (Å²) in [5.74, 6) is 0.290. The smallest absolute Gasteiger partial charge is 0.251 e. The molecule has 0 spiro atoms. The number of hydrogen-bond donors (Lipinski definition) is 2. The Labute approximate surface area is 105 Å². The first-order chi connectivity index (χ1) is 8.67. The summed E-state index contributed by atoms with van der Waals surface area (Å²) in [6, 6.07) is 5.33. The molecule has 0 aliphatic heterocycles. The Bertz CT molecular complexity index is 577. The molecular formula is C12H16N4O2. The zero-order valence-electron chi connectivity index (χ0n) is 10.4. The van der Waals surface area contributed by atoms with Gasteiger partial charge in [-0.1, -0.05) is 0 Å². The molecule has 0 aliphatic rings. The lowest BCUT2D eigenvalue weighted by Gasteiger charge is -2.05.